The molecule has 0 bridgehead atoms. The molecule has 1 aromatic carbocycles. The molecule has 1 N–H and O–H groups in total. The number of nitrogens with zero attached hydrogens (tertiary/aromatic N) is 3. The van der Waals surface area contributed by atoms with Gasteiger partial charge in [0.25, 0.3) is 0 Å². The van der Waals surface area contributed by atoms with Crippen LogP contribution in [0.2, 0.25) is 0 Å². The van der Waals surface area contributed by atoms with Crippen LogP contribution in [0.25, 0.3) is 0 Å². The van der Waals surface area contributed by atoms with Gasteiger partial charge < -0.3 is 10.1 Å². The van der Waals surface area contributed by atoms with Crippen molar-refractivity contribution in [3.8, 4) is 5.75 Å². The van der Waals surface area contributed by atoms with Crippen molar-refractivity contribution in [3.05, 3.63) is 46.8 Å². The Bertz CT molecular complexity index is 841. The number of fused-ring (bicyclic) bond motifs is 1. The fraction of sp³-hybridized carbons (Fsp3) is 0.545. The molecule has 6 heteroatoms. The number of amides is 1. The number of nitrogens with one attached hydrogen (secondary N) is 1. The highest BCUT2D eigenvalue weighted by Gasteiger charge is 2.25. The zero-order chi connectivity index (χ0) is 19.5. The zero-order valence-corrected chi connectivity index (χ0v) is 16.9. The molecule has 1 saturated carbocycles. The van der Waals surface area contributed by atoms with Gasteiger partial charge in [-0.1, -0.05) is 12.5 Å². The molecule has 2 aromatic rings. The highest BCUT2D eigenvalue weighted by atomic mass is 16.5. The number of carbonyl (C=O) groups is 1. The van der Waals surface area contributed by atoms with Gasteiger partial charge in [0.15, 0.2) is 0 Å². The van der Waals surface area contributed by atoms with Gasteiger partial charge in [-0.25, -0.2) is 0 Å². The molecule has 2 heterocycles. The summed E-state index contributed by atoms with van der Waals surface area (Å²) in [6, 6.07) is 8.45. The Morgan fingerprint density at radius 1 is 1.25 bits per heavy atom. The molecule has 0 unspecified atom stereocenters. The van der Waals surface area contributed by atoms with Crippen LogP contribution in [0.3, 0.4) is 0 Å². The lowest BCUT2D eigenvalue weighted by Gasteiger charge is -2.23. The Kier molecular flexibility index (Phi) is 5.67. The van der Waals surface area contributed by atoms with Crippen LogP contribution in [-0.4, -0.2) is 34.2 Å². The molecule has 0 saturated heterocycles. The van der Waals surface area contributed by atoms with Gasteiger partial charge in [0.05, 0.1) is 25.0 Å². The van der Waals surface area contributed by atoms with Crippen molar-refractivity contribution >= 4 is 5.91 Å². The summed E-state index contributed by atoms with van der Waals surface area (Å²) in [4.78, 5) is 14.5. The fourth-order valence-corrected chi connectivity index (χ4v) is 4.02. The first-order chi connectivity index (χ1) is 13.6. The third-order valence-electron chi connectivity index (χ3n) is 6.01. The number of methoxy groups -OCH3 is 1. The summed E-state index contributed by atoms with van der Waals surface area (Å²) in [5, 5.41) is 7.78. The number of aromatic nitrogens is 2. The lowest BCUT2D eigenvalue weighted by atomic mass is 9.85. The first kappa shape index (κ1) is 19.0. The zero-order valence-electron chi connectivity index (χ0n) is 16.9. The molecule has 2 aliphatic rings. The number of carbonyl (C=O) groups excluding carboxylic acids is 1. The molecular weight excluding hydrogens is 352 g/mol. The smallest absolute Gasteiger partial charge is 0.223 e. The molecular formula is C22H30N4O2. The second-order valence-corrected chi connectivity index (χ2v) is 8.05. The van der Waals surface area contributed by atoms with Gasteiger partial charge in [-0.05, 0) is 55.5 Å². The summed E-state index contributed by atoms with van der Waals surface area (Å²) in [5.74, 6) is 1.32. The Labute approximate surface area is 166 Å². The molecule has 1 aromatic heterocycles. The van der Waals surface area contributed by atoms with Crippen molar-refractivity contribution in [3.63, 3.8) is 0 Å². The van der Waals surface area contributed by atoms with Crippen LogP contribution >= 0.6 is 0 Å². The van der Waals surface area contributed by atoms with Gasteiger partial charge in [0, 0.05) is 32.1 Å². The van der Waals surface area contributed by atoms with E-state index in [1.54, 1.807) is 7.11 Å². The molecule has 1 amide bonds. The van der Waals surface area contributed by atoms with Gasteiger partial charge in [0.2, 0.25) is 5.91 Å². The largest absolute Gasteiger partial charge is 0.497 e. The number of ether oxygens (including phenoxy) is 1. The van der Waals surface area contributed by atoms with E-state index >= 15 is 0 Å². The molecule has 1 aliphatic heterocycles. The monoisotopic (exact) mass is 382 g/mol. The Morgan fingerprint density at radius 3 is 2.82 bits per heavy atom. The van der Waals surface area contributed by atoms with Crippen molar-refractivity contribution < 1.29 is 9.53 Å². The minimum atomic E-state index is 0.186. The Hall–Kier alpha value is -2.34. The van der Waals surface area contributed by atoms with Gasteiger partial charge in [-0.15, -0.1) is 0 Å². The predicted octanol–water partition coefficient (Wildman–Crippen LogP) is 3.02. The first-order valence-corrected chi connectivity index (χ1v) is 10.3. The number of benzene rings is 1. The van der Waals surface area contributed by atoms with Crippen molar-refractivity contribution in [2.45, 2.75) is 58.8 Å². The minimum absolute atomic E-state index is 0.186. The molecule has 6 nitrogen and oxygen atoms in total. The third kappa shape index (κ3) is 4.22. The lowest BCUT2D eigenvalue weighted by Crippen LogP contribution is -2.34. The van der Waals surface area contributed by atoms with Crippen molar-refractivity contribution in [2.24, 2.45) is 5.92 Å². The Balaban J connectivity index is 1.38. The van der Waals surface area contributed by atoms with E-state index in [4.69, 9.17) is 9.84 Å². The fourth-order valence-electron chi connectivity index (χ4n) is 4.02. The van der Waals surface area contributed by atoms with Crippen molar-refractivity contribution in [2.75, 3.05) is 13.7 Å². The SMILES string of the molecule is COc1ccc(CN2CCCn3nc(CNC(=O)C4CCC4)cc3C2)c(C)c1. The highest BCUT2D eigenvalue weighted by molar-refractivity contribution is 5.79. The van der Waals surface area contributed by atoms with Gasteiger partial charge in [-0.2, -0.15) is 5.10 Å². The van der Waals surface area contributed by atoms with E-state index in [1.165, 1.54) is 23.2 Å². The normalized spacial score (nSPS) is 17.5. The third-order valence-corrected chi connectivity index (χ3v) is 6.01. The molecule has 150 valence electrons. The second kappa shape index (κ2) is 8.35. The van der Waals surface area contributed by atoms with E-state index in [0.717, 1.165) is 56.9 Å². The van der Waals surface area contributed by atoms with E-state index in [-0.39, 0.29) is 11.8 Å². The summed E-state index contributed by atoms with van der Waals surface area (Å²) >= 11 is 0. The molecule has 0 atom stereocenters. The number of hydrogen-bond acceptors (Lipinski definition) is 4. The topological polar surface area (TPSA) is 59.4 Å². The number of hydrogen-bond donors (Lipinski definition) is 1. The van der Waals surface area contributed by atoms with Crippen molar-refractivity contribution in [1.82, 2.24) is 20.0 Å². The molecule has 4 rings (SSSR count). The van der Waals surface area contributed by atoms with E-state index in [9.17, 15) is 4.79 Å². The summed E-state index contributed by atoms with van der Waals surface area (Å²) < 4.78 is 7.44. The average Bonchev–Trinajstić information content (AvgIpc) is 2.92. The summed E-state index contributed by atoms with van der Waals surface area (Å²) in [7, 11) is 1.70. The van der Waals surface area contributed by atoms with Crippen LogP contribution in [-0.2, 0) is 31.0 Å². The number of aryl methyl sites for hydroxylation is 2. The van der Waals surface area contributed by atoms with E-state index in [1.807, 2.05) is 6.07 Å². The van der Waals surface area contributed by atoms with Crippen molar-refractivity contribution in [1.29, 1.82) is 0 Å². The molecule has 28 heavy (non-hydrogen) atoms. The van der Waals surface area contributed by atoms with Crippen LogP contribution in [0.15, 0.2) is 24.3 Å². The van der Waals surface area contributed by atoms with Gasteiger partial charge in [-0.3, -0.25) is 14.4 Å². The molecule has 1 aliphatic carbocycles. The van der Waals surface area contributed by atoms with E-state index in [0.29, 0.717) is 6.54 Å². The standard InChI is InChI=1S/C22H30N4O2/c1-16-11-21(28-2)8-7-18(16)14-25-9-4-10-26-20(15-25)12-19(24-26)13-23-22(27)17-5-3-6-17/h7-8,11-12,17H,3-6,9-10,13-15H2,1-2H3,(H,23,27). The summed E-state index contributed by atoms with van der Waals surface area (Å²) in [6.45, 7) is 6.48. The average molecular weight is 383 g/mol. The predicted molar refractivity (Wildman–Crippen MR) is 108 cm³/mol. The second-order valence-electron chi connectivity index (χ2n) is 8.05. The summed E-state index contributed by atoms with van der Waals surface area (Å²) in [5.41, 5.74) is 4.79. The van der Waals surface area contributed by atoms with E-state index in [2.05, 4.69) is 40.0 Å². The van der Waals surface area contributed by atoms with E-state index < -0.39 is 0 Å². The van der Waals surface area contributed by atoms with Gasteiger partial charge >= 0.3 is 0 Å². The first-order valence-electron chi connectivity index (χ1n) is 10.3. The maximum atomic E-state index is 12.1. The molecule has 0 radical (unpaired) electrons. The summed E-state index contributed by atoms with van der Waals surface area (Å²) in [6.07, 6.45) is 4.33. The molecule has 0 spiro atoms. The molecule has 1 fully saturated rings. The lowest BCUT2D eigenvalue weighted by molar-refractivity contribution is -0.127. The van der Waals surface area contributed by atoms with Crippen LogP contribution in [0, 0.1) is 12.8 Å². The van der Waals surface area contributed by atoms with Crippen LogP contribution in [0.5, 0.6) is 5.75 Å². The van der Waals surface area contributed by atoms with Crippen LogP contribution < -0.4 is 10.1 Å². The Morgan fingerprint density at radius 2 is 2.11 bits per heavy atom. The van der Waals surface area contributed by atoms with Crippen LogP contribution in [0.1, 0.15) is 48.2 Å². The van der Waals surface area contributed by atoms with Gasteiger partial charge in [0.1, 0.15) is 5.75 Å². The quantitative estimate of drug-likeness (QED) is 0.834. The highest BCUT2D eigenvalue weighted by Crippen LogP contribution is 2.26. The minimum Gasteiger partial charge on any atom is -0.497 e. The maximum absolute atomic E-state index is 12.1. The van der Waals surface area contributed by atoms with Crippen LogP contribution in [0.4, 0.5) is 0 Å². The maximum Gasteiger partial charge on any atom is 0.223 e. The number of rotatable bonds is 6.